The number of aryl methyl sites for hydroxylation is 3. The van der Waals surface area contributed by atoms with Gasteiger partial charge in [-0.3, -0.25) is 9.59 Å². The minimum absolute atomic E-state index is 0.103. The first-order valence-corrected chi connectivity index (χ1v) is 10.8. The largest absolute Gasteiger partial charge is 0.333 e. The molecule has 168 valence electrons. The lowest BCUT2D eigenvalue weighted by Crippen LogP contribution is -2.31. The number of carbonyl (C=O) groups is 1. The molecule has 7 nitrogen and oxygen atoms in total. The molecule has 2 aromatic heterocycles. The van der Waals surface area contributed by atoms with Crippen LogP contribution in [0.4, 0.5) is 5.69 Å². The van der Waals surface area contributed by atoms with E-state index in [4.69, 9.17) is 16.1 Å². The van der Waals surface area contributed by atoms with E-state index < -0.39 is 0 Å². The van der Waals surface area contributed by atoms with Crippen molar-refractivity contribution in [1.82, 2.24) is 14.7 Å². The zero-order valence-corrected chi connectivity index (χ0v) is 19.5. The molecule has 0 saturated heterocycles. The molecule has 1 N–H and O–H groups in total. The van der Waals surface area contributed by atoms with Crippen LogP contribution in [0.25, 0.3) is 22.8 Å². The van der Waals surface area contributed by atoms with Crippen molar-refractivity contribution in [3.8, 4) is 22.8 Å². The van der Waals surface area contributed by atoms with E-state index in [0.717, 1.165) is 16.8 Å². The number of nitrogens with zero attached hydrogens (tertiary/aromatic N) is 3. The van der Waals surface area contributed by atoms with Gasteiger partial charge in [0.05, 0.1) is 0 Å². The van der Waals surface area contributed by atoms with Gasteiger partial charge in [-0.05, 0) is 80.8 Å². The molecule has 0 bridgehead atoms. The van der Waals surface area contributed by atoms with Gasteiger partial charge >= 0.3 is 0 Å². The van der Waals surface area contributed by atoms with Crippen molar-refractivity contribution >= 4 is 23.2 Å². The summed E-state index contributed by atoms with van der Waals surface area (Å²) in [4.78, 5) is 30.5. The van der Waals surface area contributed by atoms with Crippen LogP contribution in [0, 0.1) is 27.7 Å². The molecule has 0 radical (unpaired) electrons. The molecule has 0 spiro atoms. The Hall–Kier alpha value is -3.71. The van der Waals surface area contributed by atoms with E-state index in [1.54, 1.807) is 38.1 Å². The van der Waals surface area contributed by atoms with Crippen LogP contribution in [-0.2, 0) is 11.3 Å². The average Bonchev–Trinajstić information content (AvgIpc) is 3.24. The van der Waals surface area contributed by atoms with Crippen LogP contribution in [0.1, 0.15) is 22.4 Å². The van der Waals surface area contributed by atoms with Crippen LogP contribution in [-0.4, -0.2) is 20.6 Å². The van der Waals surface area contributed by atoms with Crippen molar-refractivity contribution < 1.29 is 9.32 Å². The molecule has 0 aliphatic rings. The van der Waals surface area contributed by atoms with Gasteiger partial charge in [-0.25, -0.2) is 0 Å². The number of nitrogens with one attached hydrogen (secondary N) is 1. The lowest BCUT2D eigenvalue weighted by molar-refractivity contribution is -0.116. The lowest BCUT2D eigenvalue weighted by atomic mass is 10.1. The predicted octanol–water partition coefficient (Wildman–Crippen LogP) is 5.09. The first kappa shape index (κ1) is 22.5. The Labute approximate surface area is 196 Å². The van der Waals surface area contributed by atoms with E-state index in [1.807, 2.05) is 38.1 Å². The fourth-order valence-corrected chi connectivity index (χ4v) is 3.77. The summed E-state index contributed by atoms with van der Waals surface area (Å²) in [5.74, 6) is 0.155. The molecule has 4 aromatic rings. The van der Waals surface area contributed by atoms with Crippen LogP contribution < -0.4 is 10.9 Å². The van der Waals surface area contributed by atoms with E-state index in [1.165, 1.54) is 4.57 Å². The van der Waals surface area contributed by atoms with Crippen molar-refractivity contribution in [3.63, 3.8) is 0 Å². The second-order valence-corrected chi connectivity index (χ2v) is 8.40. The number of pyridine rings is 1. The van der Waals surface area contributed by atoms with E-state index in [0.29, 0.717) is 27.7 Å². The SMILES string of the molecule is Cc1cccc(NC(=O)Cn2c(C)cc(C)c(-c3nc(-c4ccc(Cl)cc4)no3)c2=O)c1C. The normalized spacial score (nSPS) is 10.9. The average molecular weight is 463 g/mol. The Balaban J connectivity index is 1.65. The van der Waals surface area contributed by atoms with Crippen LogP contribution in [0.2, 0.25) is 5.02 Å². The van der Waals surface area contributed by atoms with Crippen molar-refractivity contribution in [1.29, 1.82) is 0 Å². The third-order valence-corrected chi connectivity index (χ3v) is 5.88. The maximum Gasteiger partial charge on any atom is 0.264 e. The Morgan fingerprint density at radius 1 is 1.06 bits per heavy atom. The summed E-state index contributed by atoms with van der Waals surface area (Å²) < 4.78 is 6.83. The molecule has 1 amide bonds. The van der Waals surface area contributed by atoms with Gasteiger partial charge in [-0.2, -0.15) is 4.98 Å². The minimum Gasteiger partial charge on any atom is -0.333 e. The monoisotopic (exact) mass is 462 g/mol. The summed E-state index contributed by atoms with van der Waals surface area (Å²) in [6.07, 6.45) is 0. The first-order valence-electron chi connectivity index (χ1n) is 10.4. The maximum atomic E-state index is 13.3. The van der Waals surface area contributed by atoms with Gasteiger partial charge in [0.15, 0.2) is 0 Å². The Bertz CT molecular complexity index is 1400. The topological polar surface area (TPSA) is 90.0 Å². The van der Waals surface area contributed by atoms with Crippen molar-refractivity contribution in [2.75, 3.05) is 5.32 Å². The molecule has 2 heterocycles. The zero-order chi connectivity index (χ0) is 23.7. The highest BCUT2D eigenvalue weighted by molar-refractivity contribution is 6.30. The third kappa shape index (κ3) is 4.59. The molecule has 2 aromatic carbocycles. The van der Waals surface area contributed by atoms with Crippen molar-refractivity contribution in [2.24, 2.45) is 0 Å². The fraction of sp³-hybridized carbons (Fsp3) is 0.200. The van der Waals surface area contributed by atoms with Crippen molar-refractivity contribution in [3.05, 3.63) is 86.3 Å². The summed E-state index contributed by atoms with van der Waals surface area (Å²) in [6.45, 7) is 7.38. The number of amides is 1. The van der Waals surface area contributed by atoms with Crippen LogP contribution >= 0.6 is 11.6 Å². The van der Waals surface area contributed by atoms with Crippen molar-refractivity contribution in [2.45, 2.75) is 34.2 Å². The van der Waals surface area contributed by atoms with Gasteiger partial charge in [0.2, 0.25) is 11.7 Å². The molecule has 0 aliphatic heterocycles. The zero-order valence-electron chi connectivity index (χ0n) is 18.8. The first-order chi connectivity index (χ1) is 15.7. The van der Waals surface area contributed by atoms with Gasteiger partial charge in [0.1, 0.15) is 12.1 Å². The van der Waals surface area contributed by atoms with E-state index in [-0.39, 0.29) is 29.5 Å². The van der Waals surface area contributed by atoms with Gasteiger partial charge in [0.25, 0.3) is 11.4 Å². The Morgan fingerprint density at radius 2 is 1.79 bits per heavy atom. The number of aromatic nitrogens is 3. The molecular weight excluding hydrogens is 440 g/mol. The van der Waals surface area contributed by atoms with Gasteiger partial charge in [-0.15, -0.1) is 0 Å². The highest BCUT2D eigenvalue weighted by atomic mass is 35.5. The molecule has 33 heavy (non-hydrogen) atoms. The predicted molar refractivity (Wildman–Crippen MR) is 128 cm³/mol. The Kier molecular flexibility index (Phi) is 6.16. The maximum absolute atomic E-state index is 13.3. The quantitative estimate of drug-likeness (QED) is 0.446. The summed E-state index contributed by atoms with van der Waals surface area (Å²) in [7, 11) is 0. The van der Waals surface area contributed by atoms with Gasteiger partial charge in [-0.1, -0.05) is 28.9 Å². The van der Waals surface area contributed by atoms with E-state index >= 15 is 0 Å². The molecule has 8 heteroatoms. The van der Waals surface area contributed by atoms with Gasteiger partial charge < -0.3 is 14.4 Å². The Morgan fingerprint density at radius 3 is 2.52 bits per heavy atom. The number of rotatable bonds is 5. The molecule has 0 aliphatic carbocycles. The van der Waals surface area contributed by atoms with E-state index in [2.05, 4.69) is 15.5 Å². The molecule has 0 atom stereocenters. The number of benzene rings is 2. The third-order valence-electron chi connectivity index (χ3n) is 5.63. The van der Waals surface area contributed by atoms with Crippen LogP contribution in [0.15, 0.2) is 57.8 Å². The van der Waals surface area contributed by atoms with E-state index in [9.17, 15) is 9.59 Å². The highest BCUT2D eigenvalue weighted by Gasteiger charge is 2.20. The smallest absolute Gasteiger partial charge is 0.264 e. The lowest BCUT2D eigenvalue weighted by Gasteiger charge is -2.14. The summed E-state index contributed by atoms with van der Waals surface area (Å²) in [6, 6.07) is 14.5. The van der Waals surface area contributed by atoms with Crippen LogP contribution in [0.5, 0.6) is 0 Å². The molecule has 0 unspecified atom stereocenters. The summed E-state index contributed by atoms with van der Waals surface area (Å²) >= 11 is 5.94. The van der Waals surface area contributed by atoms with Crippen LogP contribution in [0.3, 0.4) is 0 Å². The summed E-state index contributed by atoms with van der Waals surface area (Å²) in [5.41, 5.74) is 4.76. The number of hydrogen-bond donors (Lipinski definition) is 1. The fourth-order valence-electron chi connectivity index (χ4n) is 3.64. The molecule has 0 saturated carbocycles. The number of anilines is 1. The molecule has 0 fully saturated rings. The number of halogens is 1. The second-order valence-electron chi connectivity index (χ2n) is 7.96. The standard InChI is InChI=1S/C25H23ClN4O3/c1-14-6-5-7-20(17(14)4)27-21(31)13-30-16(3)12-15(2)22(25(30)32)24-28-23(29-33-24)18-8-10-19(26)11-9-18/h5-12H,13H2,1-4H3,(H,27,31). The number of hydrogen-bond acceptors (Lipinski definition) is 5. The van der Waals surface area contributed by atoms with Gasteiger partial charge in [0, 0.05) is 22.0 Å². The number of carbonyl (C=O) groups excluding carboxylic acids is 1. The summed E-state index contributed by atoms with van der Waals surface area (Å²) in [5, 5.41) is 7.50. The minimum atomic E-state index is -0.366. The second kappa shape index (κ2) is 9.03. The highest BCUT2D eigenvalue weighted by Crippen LogP contribution is 2.24. The molecular formula is C25H23ClN4O3. The molecule has 4 rings (SSSR count).